The smallest absolute Gasteiger partial charge is 0.0107 e. The van der Waals surface area contributed by atoms with Crippen LogP contribution in [0.5, 0.6) is 0 Å². The van der Waals surface area contributed by atoms with Gasteiger partial charge in [-0.15, -0.1) is 11.3 Å². The van der Waals surface area contributed by atoms with Gasteiger partial charge in [0.05, 0.1) is 0 Å². The predicted molar refractivity (Wildman–Crippen MR) is 85.1 cm³/mol. The van der Waals surface area contributed by atoms with E-state index in [0.29, 0.717) is 0 Å². The lowest BCUT2D eigenvalue weighted by molar-refractivity contribution is 0.289. The Hall–Kier alpha value is -0.380. The fourth-order valence-corrected chi connectivity index (χ4v) is 3.94. The molecule has 0 unspecified atom stereocenters. The fourth-order valence-electron chi connectivity index (χ4n) is 2.67. The second-order valence-electron chi connectivity index (χ2n) is 6.01. The van der Waals surface area contributed by atoms with Crippen LogP contribution in [0.4, 0.5) is 0 Å². The van der Waals surface area contributed by atoms with Crippen LogP contribution in [0.2, 0.25) is 0 Å². The molecule has 2 rings (SSSR count). The standard InChI is InChI=1S/C16H28N2S/c1-14(2)13-16-7-6-15(19-16)5-3-10-18-11-4-8-17-9-12-18/h6-7,14,17H,3-5,8-13H2,1-2H3. The summed E-state index contributed by atoms with van der Waals surface area (Å²) in [6, 6.07) is 4.67. The summed E-state index contributed by atoms with van der Waals surface area (Å²) in [5, 5.41) is 3.47. The molecule has 1 aromatic heterocycles. The SMILES string of the molecule is CC(C)Cc1ccc(CCCN2CCCNCC2)s1. The van der Waals surface area contributed by atoms with Crippen molar-refractivity contribution in [1.29, 1.82) is 0 Å². The van der Waals surface area contributed by atoms with E-state index in [4.69, 9.17) is 0 Å². The molecule has 0 radical (unpaired) electrons. The lowest BCUT2D eigenvalue weighted by atomic mass is 10.1. The molecule has 0 saturated carbocycles. The quantitative estimate of drug-likeness (QED) is 0.861. The zero-order valence-electron chi connectivity index (χ0n) is 12.5. The maximum atomic E-state index is 3.47. The number of thiophene rings is 1. The van der Waals surface area contributed by atoms with Crippen molar-refractivity contribution in [3.8, 4) is 0 Å². The topological polar surface area (TPSA) is 15.3 Å². The number of aryl methyl sites for hydroxylation is 1. The first-order chi connectivity index (χ1) is 9.24. The van der Waals surface area contributed by atoms with E-state index in [1.807, 2.05) is 11.3 Å². The van der Waals surface area contributed by atoms with Crippen molar-refractivity contribution < 1.29 is 0 Å². The molecule has 1 saturated heterocycles. The first-order valence-electron chi connectivity index (χ1n) is 7.74. The number of nitrogens with one attached hydrogen (secondary N) is 1. The Kier molecular flexibility index (Phi) is 6.35. The van der Waals surface area contributed by atoms with E-state index in [0.717, 1.165) is 12.5 Å². The van der Waals surface area contributed by atoms with Crippen LogP contribution in [0.1, 0.15) is 36.4 Å². The maximum absolute atomic E-state index is 3.47. The van der Waals surface area contributed by atoms with Gasteiger partial charge in [-0.3, -0.25) is 0 Å². The molecule has 0 amide bonds. The molecule has 1 aromatic rings. The minimum absolute atomic E-state index is 0.774. The van der Waals surface area contributed by atoms with Gasteiger partial charge in [0.2, 0.25) is 0 Å². The summed E-state index contributed by atoms with van der Waals surface area (Å²) in [4.78, 5) is 5.75. The Balaban J connectivity index is 1.68. The highest BCUT2D eigenvalue weighted by Crippen LogP contribution is 2.21. The first kappa shape index (κ1) is 15.0. The Morgan fingerprint density at radius 3 is 2.89 bits per heavy atom. The van der Waals surface area contributed by atoms with Crippen LogP contribution in [0.3, 0.4) is 0 Å². The van der Waals surface area contributed by atoms with Gasteiger partial charge in [-0.05, 0) is 63.4 Å². The zero-order valence-corrected chi connectivity index (χ0v) is 13.3. The van der Waals surface area contributed by atoms with Gasteiger partial charge in [0.25, 0.3) is 0 Å². The zero-order chi connectivity index (χ0) is 13.5. The molecule has 3 heteroatoms. The molecule has 1 fully saturated rings. The molecule has 2 nitrogen and oxygen atoms in total. The van der Waals surface area contributed by atoms with Gasteiger partial charge in [-0.25, -0.2) is 0 Å². The average molecular weight is 280 g/mol. The van der Waals surface area contributed by atoms with Crippen molar-refractivity contribution in [2.75, 3.05) is 32.7 Å². The molecule has 2 heterocycles. The summed E-state index contributed by atoms with van der Waals surface area (Å²) >= 11 is 2.02. The van der Waals surface area contributed by atoms with E-state index in [1.54, 1.807) is 9.75 Å². The Bertz CT molecular complexity index is 351. The summed E-state index contributed by atoms with van der Waals surface area (Å²) in [5.41, 5.74) is 0. The lowest BCUT2D eigenvalue weighted by Gasteiger charge is -2.18. The monoisotopic (exact) mass is 280 g/mol. The van der Waals surface area contributed by atoms with Gasteiger partial charge in [0.1, 0.15) is 0 Å². The number of hydrogen-bond acceptors (Lipinski definition) is 3. The minimum atomic E-state index is 0.774. The molecule has 1 aliphatic rings. The van der Waals surface area contributed by atoms with Crippen LogP contribution >= 0.6 is 11.3 Å². The molecule has 19 heavy (non-hydrogen) atoms. The third-order valence-electron chi connectivity index (χ3n) is 3.66. The first-order valence-corrected chi connectivity index (χ1v) is 8.56. The molecular formula is C16H28N2S. The van der Waals surface area contributed by atoms with E-state index >= 15 is 0 Å². The summed E-state index contributed by atoms with van der Waals surface area (Å²) < 4.78 is 0. The molecule has 1 N–H and O–H groups in total. The number of nitrogens with zero attached hydrogens (tertiary/aromatic N) is 1. The van der Waals surface area contributed by atoms with Crippen molar-refractivity contribution in [3.05, 3.63) is 21.9 Å². The predicted octanol–water partition coefficient (Wildman–Crippen LogP) is 3.17. The average Bonchev–Trinajstić information content (AvgIpc) is 2.63. The van der Waals surface area contributed by atoms with Gasteiger partial charge in [-0.1, -0.05) is 13.8 Å². The van der Waals surface area contributed by atoms with Crippen LogP contribution < -0.4 is 5.32 Å². The van der Waals surface area contributed by atoms with Crippen molar-refractivity contribution in [2.45, 2.75) is 39.5 Å². The molecule has 0 bridgehead atoms. The summed E-state index contributed by atoms with van der Waals surface area (Å²) in [5.74, 6) is 0.774. The van der Waals surface area contributed by atoms with Gasteiger partial charge in [-0.2, -0.15) is 0 Å². The van der Waals surface area contributed by atoms with Crippen molar-refractivity contribution in [3.63, 3.8) is 0 Å². The summed E-state index contributed by atoms with van der Waals surface area (Å²) in [6.45, 7) is 10.7. The molecular weight excluding hydrogens is 252 g/mol. The molecule has 0 atom stereocenters. The number of rotatable bonds is 6. The summed E-state index contributed by atoms with van der Waals surface area (Å²) in [7, 11) is 0. The van der Waals surface area contributed by atoms with E-state index in [2.05, 4.69) is 36.2 Å². The van der Waals surface area contributed by atoms with Gasteiger partial charge in [0, 0.05) is 22.8 Å². The normalized spacial score (nSPS) is 17.8. The van der Waals surface area contributed by atoms with Gasteiger partial charge < -0.3 is 10.2 Å². The van der Waals surface area contributed by atoms with E-state index in [1.165, 1.54) is 51.9 Å². The van der Waals surface area contributed by atoms with Crippen molar-refractivity contribution in [1.82, 2.24) is 10.2 Å². The fraction of sp³-hybridized carbons (Fsp3) is 0.750. The second kappa shape index (κ2) is 8.03. The van der Waals surface area contributed by atoms with Crippen molar-refractivity contribution >= 4 is 11.3 Å². The van der Waals surface area contributed by atoms with E-state index in [9.17, 15) is 0 Å². The Labute approximate surface area is 122 Å². The second-order valence-corrected chi connectivity index (χ2v) is 7.27. The van der Waals surface area contributed by atoms with E-state index in [-0.39, 0.29) is 0 Å². The highest BCUT2D eigenvalue weighted by atomic mass is 32.1. The van der Waals surface area contributed by atoms with Gasteiger partial charge in [0.15, 0.2) is 0 Å². The summed E-state index contributed by atoms with van der Waals surface area (Å²) in [6.07, 6.45) is 5.11. The van der Waals surface area contributed by atoms with Crippen molar-refractivity contribution in [2.24, 2.45) is 5.92 Å². The van der Waals surface area contributed by atoms with Crippen LogP contribution in [-0.4, -0.2) is 37.6 Å². The third-order valence-corrected chi connectivity index (χ3v) is 4.82. The largest absolute Gasteiger partial charge is 0.315 e. The van der Waals surface area contributed by atoms with Crippen LogP contribution in [0.15, 0.2) is 12.1 Å². The molecule has 1 aliphatic heterocycles. The molecule has 0 aromatic carbocycles. The van der Waals surface area contributed by atoms with Crippen LogP contribution in [-0.2, 0) is 12.8 Å². The Morgan fingerprint density at radius 1 is 1.21 bits per heavy atom. The Morgan fingerprint density at radius 2 is 2.05 bits per heavy atom. The van der Waals surface area contributed by atoms with Crippen LogP contribution in [0.25, 0.3) is 0 Å². The highest BCUT2D eigenvalue weighted by Gasteiger charge is 2.08. The molecule has 0 spiro atoms. The van der Waals surface area contributed by atoms with E-state index < -0.39 is 0 Å². The third kappa shape index (κ3) is 5.64. The molecule has 108 valence electrons. The van der Waals surface area contributed by atoms with Gasteiger partial charge >= 0.3 is 0 Å². The maximum Gasteiger partial charge on any atom is 0.0107 e. The molecule has 0 aliphatic carbocycles. The highest BCUT2D eigenvalue weighted by molar-refractivity contribution is 7.11. The number of hydrogen-bond donors (Lipinski definition) is 1. The lowest BCUT2D eigenvalue weighted by Crippen LogP contribution is -2.29. The van der Waals surface area contributed by atoms with Crippen LogP contribution in [0, 0.1) is 5.92 Å². The minimum Gasteiger partial charge on any atom is -0.315 e.